The monoisotopic (exact) mass is 455 g/mol. The zero-order valence-corrected chi connectivity index (χ0v) is 18.9. The first-order valence-electron chi connectivity index (χ1n) is 11.1. The lowest BCUT2D eigenvalue weighted by molar-refractivity contribution is -0.385. The second-order valence-electron chi connectivity index (χ2n) is 8.29. The number of aryl methyl sites for hydroxylation is 2. The number of benzene rings is 4. The van der Waals surface area contributed by atoms with Gasteiger partial charge in [-0.1, -0.05) is 66.2 Å². The fraction of sp³-hybridized carbons (Fsp3) is 0.179. The quantitative estimate of drug-likeness (QED) is 0.234. The molecule has 0 aliphatic carbocycles. The third-order valence-electron chi connectivity index (χ3n) is 5.77. The molecule has 0 aliphatic heterocycles. The zero-order chi connectivity index (χ0) is 24.1. The van der Waals surface area contributed by atoms with Gasteiger partial charge in [0, 0.05) is 24.5 Å². The lowest BCUT2D eigenvalue weighted by atomic mass is 9.96. The summed E-state index contributed by atoms with van der Waals surface area (Å²) < 4.78 is 6.05. The van der Waals surface area contributed by atoms with Crippen LogP contribution in [-0.4, -0.2) is 22.6 Å². The Hall–Kier alpha value is -4.19. The molecule has 4 rings (SSSR count). The lowest BCUT2D eigenvalue weighted by Crippen LogP contribution is -2.06. The molecule has 0 atom stereocenters. The van der Waals surface area contributed by atoms with E-state index in [0.717, 1.165) is 27.5 Å². The van der Waals surface area contributed by atoms with E-state index in [2.05, 4.69) is 0 Å². The van der Waals surface area contributed by atoms with Crippen molar-refractivity contribution >= 4 is 22.4 Å². The molecule has 0 amide bonds. The minimum absolute atomic E-state index is 0.109. The van der Waals surface area contributed by atoms with Crippen molar-refractivity contribution in [1.82, 2.24) is 0 Å². The molecule has 1 N–H and O–H groups in total. The molecule has 0 aromatic heterocycles. The number of ether oxygens (including phenoxy) is 1. The summed E-state index contributed by atoms with van der Waals surface area (Å²) in [6.07, 6.45) is 0.692. The van der Waals surface area contributed by atoms with Crippen molar-refractivity contribution in [3.8, 4) is 16.9 Å². The number of carbonyl (C=O) groups is 1. The number of hydrogen-bond donors (Lipinski definition) is 1. The Bertz CT molecular complexity index is 1350. The van der Waals surface area contributed by atoms with Crippen molar-refractivity contribution in [2.24, 2.45) is 0 Å². The topological polar surface area (TPSA) is 89.7 Å². The molecule has 4 aromatic carbocycles. The van der Waals surface area contributed by atoms with Crippen LogP contribution in [0.5, 0.6) is 5.75 Å². The second kappa shape index (κ2) is 10.2. The highest BCUT2D eigenvalue weighted by molar-refractivity contribution is 5.89. The summed E-state index contributed by atoms with van der Waals surface area (Å²) in [5, 5.41) is 23.1. The molecule has 0 radical (unpaired) electrons. The SMILES string of the molecule is Cc1ccc(CCOc2c(-c3ccc4ccccc4c3)cc(CCC(=O)O)cc2[N+](=O)[O-])cc1. The summed E-state index contributed by atoms with van der Waals surface area (Å²) in [7, 11) is 0. The highest BCUT2D eigenvalue weighted by Crippen LogP contribution is 2.40. The van der Waals surface area contributed by atoms with E-state index in [1.54, 1.807) is 6.07 Å². The molecular weight excluding hydrogens is 430 g/mol. The molecule has 34 heavy (non-hydrogen) atoms. The summed E-state index contributed by atoms with van der Waals surface area (Å²) in [6.45, 7) is 2.30. The smallest absolute Gasteiger partial charge is 0.311 e. The molecule has 0 saturated carbocycles. The Kier molecular flexibility index (Phi) is 6.87. The summed E-state index contributed by atoms with van der Waals surface area (Å²) in [5.74, 6) is -0.750. The van der Waals surface area contributed by atoms with E-state index in [1.165, 1.54) is 6.07 Å². The van der Waals surface area contributed by atoms with Crippen molar-refractivity contribution in [2.75, 3.05) is 6.61 Å². The maximum Gasteiger partial charge on any atom is 0.311 e. The third kappa shape index (κ3) is 5.41. The average molecular weight is 456 g/mol. The largest absolute Gasteiger partial charge is 0.486 e. The van der Waals surface area contributed by atoms with Crippen molar-refractivity contribution < 1.29 is 19.6 Å². The van der Waals surface area contributed by atoms with Crippen molar-refractivity contribution in [2.45, 2.75) is 26.2 Å². The molecule has 0 aliphatic rings. The first-order chi connectivity index (χ1) is 16.4. The highest BCUT2D eigenvalue weighted by Gasteiger charge is 2.23. The molecular formula is C28H25NO5. The number of aliphatic carboxylic acids is 1. The Labute approximate surface area is 197 Å². The van der Waals surface area contributed by atoms with Crippen LogP contribution in [-0.2, 0) is 17.6 Å². The predicted octanol–water partition coefficient (Wildman–Crippen LogP) is 6.36. The summed E-state index contributed by atoms with van der Waals surface area (Å²) in [5.41, 5.74) is 4.04. The number of nitrogens with zero attached hydrogens (tertiary/aromatic N) is 1. The van der Waals surface area contributed by atoms with Crippen molar-refractivity contribution in [3.63, 3.8) is 0 Å². The summed E-state index contributed by atoms with van der Waals surface area (Å²) in [4.78, 5) is 22.6. The van der Waals surface area contributed by atoms with Crippen LogP contribution >= 0.6 is 0 Å². The van der Waals surface area contributed by atoms with Gasteiger partial charge in [0.2, 0.25) is 5.75 Å². The van der Waals surface area contributed by atoms with Crippen LogP contribution in [0.25, 0.3) is 21.9 Å². The molecule has 4 aromatic rings. The molecule has 0 bridgehead atoms. The van der Waals surface area contributed by atoms with Crippen LogP contribution in [0.2, 0.25) is 0 Å². The van der Waals surface area contributed by atoms with E-state index in [0.29, 0.717) is 17.5 Å². The molecule has 0 unspecified atom stereocenters. The molecule has 6 heteroatoms. The van der Waals surface area contributed by atoms with Gasteiger partial charge in [-0.05, 0) is 52.9 Å². The Morgan fingerprint density at radius 1 is 0.912 bits per heavy atom. The Morgan fingerprint density at radius 3 is 2.35 bits per heavy atom. The predicted molar refractivity (Wildman–Crippen MR) is 132 cm³/mol. The van der Waals surface area contributed by atoms with Crippen LogP contribution < -0.4 is 4.74 Å². The van der Waals surface area contributed by atoms with E-state index >= 15 is 0 Å². The minimum Gasteiger partial charge on any atom is -0.486 e. The van der Waals surface area contributed by atoms with Gasteiger partial charge in [0.05, 0.1) is 11.5 Å². The number of carboxylic acids is 1. The van der Waals surface area contributed by atoms with Gasteiger partial charge in [-0.3, -0.25) is 14.9 Å². The van der Waals surface area contributed by atoms with Gasteiger partial charge in [0.25, 0.3) is 0 Å². The normalized spacial score (nSPS) is 10.9. The van der Waals surface area contributed by atoms with Crippen LogP contribution in [0.4, 0.5) is 5.69 Å². The number of fused-ring (bicyclic) bond motifs is 1. The fourth-order valence-electron chi connectivity index (χ4n) is 3.95. The number of nitro groups is 1. The van der Waals surface area contributed by atoms with Gasteiger partial charge in [0.1, 0.15) is 0 Å². The fourth-order valence-corrected chi connectivity index (χ4v) is 3.95. The van der Waals surface area contributed by atoms with Crippen LogP contribution in [0, 0.1) is 17.0 Å². The minimum atomic E-state index is -0.951. The van der Waals surface area contributed by atoms with E-state index in [9.17, 15) is 14.9 Å². The second-order valence-corrected chi connectivity index (χ2v) is 8.29. The number of carboxylic acid groups (broad SMARTS) is 1. The van der Waals surface area contributed by atoms with E-state index < -0.39 is 10.9 Å². The van der Waals surface area contributed by atoms with Crippen LogP contribution in [0.1, 0.15) is 23.1 Å². The van der Waals surface area contributed by atoms with Gasteiger partial charge in [-0.15, -0.1) is 0 Å². The maximum atomic E-state index is 12.0. The number of hydrogen-bond acceptors (Lipinski definition) is 4. The molecule has 0 fully saturated rings. The molecule has 0 saturated heterocycles. The van der Waals surface area contributed by atoms with Crippen LogP contribution in [0.3, 0.4) is 0 Å². The van der Waals surface area contributed by atoms with Gasteiger partial charge in [-0.25, -0.2) is 0 Å². The van der Waals surface area contributed by atoms with Gasteiger partial charge in [0.15, 0.2) is 0 Å². The first-order valence-corrected chi connectivity index (χ1v) is 11.1. The number of rotatable bonds is 9. The average Bonchev–Trinajstić information content (AvgIpc) is 2.83. The van der Waals surface area contributed by atoms with E-state index in [1.807, 2.05) is 73.7 Å². The zero-order valence-electron chi connectivity index (χ0n) is 18.9. The Morgan fingerprint density at radius 2 is 1.65 bits per heavy atom. The van der Waals surface area contributed by atoms with Gasteiger partial charge in [-0.2, -0.15) is 0 Å². The van der Waals surface area contributed by atoms with Crippen LogP contribution in [0.15, 0.2) is 78.9 Å². The van der Waals surface area contributed by atoms with Gasteiger partial charge < -0.3 is 9.84 Å². The first kappa shape index (κ1) is 23.0. The molecule has 6 nitrogen and oxygen atoms in total. The molecule has 172 valence electrons. The standard InChI is InChI=1S/C28H25NO5/c1-19-6-8-20(9-7-19)14-15-34-28-25(24-12-11-22-4-2-3-5-23(22)18-24)16-21(10-13-27(30)31)17-26(28)29(32)33/h2-9,11-12,16-18H,10,13-15H2,1H3,(H,30,31). The summed E-state index contributed by atoms with van der Waals surface area (Å²) in [6, 6.07) is 25.1. The summed E-state index contributed by atoms with van der Waals surface area (Å²) >= 11 is 0. The number of nitro benzene ring substituents is 1. The Balaban J connectivity index is 1.74. The third-order valence-corrected chi connectivity index (χ3v) is 5.77. The maximum absolute atomic E-state index is 12.0. The lowest BCUT2D eigenvalue weighted by Gasteiger charge is -2.15. The van der Waals surface area contributed by atoms with E-state index in [-0.39, 0.29) is 30.9 Å². The van der Waals surface area contributed by atoms with E-state index in [4.69, 9.17) is 9.84 Å². The molecule has 0 heterocycles. The van der Waals surface area contributed by atoms with Gasteiger partial charge >= 0.3 is 11.7 Å². The molecule has 0 spiro atoms. The van der Waals surface area contributed by atoms with Crippen molar-refractivity contribution in [3.05, 3.63) is 106 Å². The van der Waals surface area contributed by atoms with Crippen molar-refractivity contribution in [1.29, 1.82) is 0 Å². The highest BCUT2D eigenvalue weighted by atomic mass is 16.6.